The topological polar surface area (TPSA) is 86.6 Å². The van der Waals surface area contributed by atoms with Crippen LogP contribution < -0.4 is 5.32 Å². The van der Waals surface area contributed by atoms with E-state index < -0.39 is 10.4 Å². The highest BCUT2D eigenvalue weighted by Gasteiger charge is 1.84. The predicted octanol–water partition coefficient (Wildman–Crippen LogP) is 0.743. The molecule has 76 valence electrons. The van der Waals surface area contributed by atoms with Gasteiger partial charge in [0.25, 0.3) is 0 Å². The summed E-state index contributed by atoms with van der Waals surface area (Å²) in [5, 5.41) is 3.10. The molecular weight excluding hydrogens is 182 g/mol. The van der Waals surface area contributed by atoms with Crippen molar-refractivity contribution < 1.29 is 17.5 Å². The van der Waals surface area contributed by atoms with E-state index in [1.165, 1.54) is 25.8 Å². The highest BCUT2D eigenvalue weighted by molar-refractivity contribution is 7.79. The van der Waals surface area contributed by atoms with Crippen molar-refractivity contribution in [3.8, 4) is 0 Å². The Bertz CT molecular complexity index is 154. The maximum absolute atomic E-state index is 8.74. The lowest BCUT2D eigenvalue weighted by atomic mass is 10.2. The molecule has 12 heavy (non-hydrogen) atoms. The van der Waals surface area contributed by atoms with Crippen LogP contribution in [0.2, 0.25) is 0 Å². The van der Waals surface area contributed by atoms with Gasteiger partial charge in [-0.15, -0.1) is 0 Å². The van der Waals surface area contributed by atoms with Gasteiger partial charge >= 0.3 is 10.4 Å². The summed E-state index contributed by atoms with van der Waals surface area (Å²) in [6.45, 7) is 3.39. The van der Waals surface area contributed by atoms with Gasteiger partial charge in [-0.25, -0.2) is 0 Å². The summed E-state index contributed by atoms with van der Waals surface area (Å²) >= 11 is 0. The lowest BCUT2D eigenvalue weighted by Crippen LogP contribution is -2.06. The summed E-state index contributed by atoms with van der Waals surface area (Å²) in [4.78, 5) is 0. The maximum atomic E-state index is 8.74. The summed E-state index contributed by atoms with van der Waals surface area (Å²) < 4.78 is 31.6. The molecule has 6 heteroatoms. The molecule has 0 rings (SSSR count). The van der Waals surface area contributed by atoms with Gasteiger partial charge in [0.1, 0.15) is 0 Å². The van der Waals surface area contributed by atoms with E-state index in [9.17, 15) is 0 Å². The molecule has 5 nitrogen and oxygen atoms in total. The minimum Gasteiger partial charge on any atom is -0.320 e. The molecule has 3 N–H and O–H groups in total. The monoisotopic (exact) mass is 199 g/mol. The summed E-state index contributed by atoms with van der Waals surface area (Å²) in [6, 6.07) is 0. The van der Waals surface area contributed by atoms with Crippen LogP contribution in [0.1, 0.15) is 26.2 Å². The minimum absolute atomic E-state index is 1.17. The van der Waals surface area contributed by atoms with Crippen molar-refractivity contribution in [3.63, 3.8) is 0 Å². The first kappa shape index (κ1) is 14.4. The molecule has 0 aromatic carbocycles. The smallest absolute Gasteiger partial charge is 0.320 e. The molecule has 0 saturated carbocycles. The van der Waals surface area contributed by atoms with Crippen molar-refractivity contribution in [2.24, 2.45) is 0 Å². The Morgan fingerprint density at radius 1 is 1.25 bits per heavy atom. The van der Waals surface area contributed by atoms with E-state index in [1.807, 2.05) is 7.05 Å². The van der Waals surface area contributed by atoms with Crippen LogP contribution in [-0.2, 0) is 10.4 Å². The average molecular weight is 199 g/mol. The Kier molecular flexibility index (Phi) is 10.7. The number of rotatable bonds is 4. The summed E-state index contributed by atoms with van der Waals surface area (Å²) in [7, 11) is -2.67. The first-order chi connectivity index (χ1) is 5.41. The summed E-state index contributed by atoms with van der Waals surface area (Å²) in [5.74, 6) is 0. The van der Waals surface area contributed by atoms with E-state index in [0.717, 1.165) is 0 Å². The highest BCUT2D eigenvalue weighted by atomic mass is 32.3. The minimum atomic E-state index is -4.67. The third-order valence-electron chi connectivity index (χ3n) is 1.03. The molecule has 0 spiro atoms. The quantitative estimate of drug-likeness (QED) is 0.459. The fourth-order valence-electron chi connectivity index (χ4n) is 0.552. The molecule has 0 aliphatic carbocycles. The fourth-order valence-corrected chi connectivity index (χ4v) is 0.552. The Hall–Kier alpha value is -0.170. The molecule has 0 saturated heterocycles. The molecule has 0 aliphatic heterocycles. The van der Waals surface area contributed by atoms with Gasteiger partial charge in [0.2, 0.25) is 0 Å². The van der Waals surface area contributed by atoms with E-state index in [-0.39, 0.29) is 0 Å². The van der Waals surface area contributed by atoms with Crippen molar-refractivity contribution in [2.75, 3.05) is 13.6 Å². The molecule has 0 aliphatic rings. The van der Waals surface area contributed by atoms with Gasteiger partial charge in [0.15, 0.2) is 0 Å². The second-order valence-electron chi connectivity index (χ2n) is 2.26. The Labute approximate surface area is 73.8 Å². The van der Waals surface area contributed by atoms with Crippen LogP contribution in [0.4, 0.5) is 0 Å². The van der Waals surface area contributed by atoms with Crippen molar-refractivity contribution >= 4 is 10.4 Å². The molecule has 0 unspecified atom stereocenters. The molecule has 0 aromatic heterocycles. The molecular formula is C6H17NO4S. The first-order valence-corrected chi connectivity index (χ1v) is 5.16. The summed E-state index contributed by atoms with van der Waals surface area (Å²) in [6.07, 6.45) is 4.01. The third-order valence-corrected chi connectivity index (χ3v) is 1.03. The molecule has 0 radical (unpaired) electrons. The zero-order chi connectivity index (χ0) is 10.0. The van der Waals surface area contributed by atoms with Gasteiger partial charge < -0.3 is 5.32 Å². The third kappa shape index (κ3) is 52.2. The van der Waals surface area contributed by atoms with Gasteiger partial charge in [-0.05, 0) is 20.0 Å². The van der Waals surface area contributed by atoms with E-state index in [0.29, 0.717) is 0 Å². The fraction of sp³-hybridized carbons (Fsp3) is 1.00. The van der Waals surface area contributed by atoms with Gasteiger partial charge in [0.05, 0.1) is 0 Å². The van der Waals surface area contributed by atoms with E-state index in [2.05, 4.69) is 12.2 Å². The number of unbranched alkanes of at least 4 members (excludes halogenated alkanes) is 2. The SMILES string of the molecule is CCCCCNC.O=S(=O)(O)O. The van der Waals surface area contributed by atoms with Crippen molar-refractivity contribution in [3.05, 3.63) is 0 Å². The molecule has 0 aromatic rings. The number of nitrogens with one attached hydrogen (secondary N) is 1. The van der Waals surface area contributed by atoms with Crippen LogP contribution in [0.3, 0.4) is 0 Å². The largest absolute Gasteiger partial charge is 0.394 e. The molecule has 0 fully saturated rings. The van der Waals surface area contributed by atoms with Crippen LogP contribution in [0.5, 0.6) is 0 Å². The standard InChI is InChI=1S/C6H15N.H2O4S/c1-3-4-5-6-7-2;1-5(2,3)4/h7H,3-6H2,1-2H3;(H2,1,2,3,4). The van der Waals surface area contributed by atoms with Crippen LogP contribution in [0, 0.1) is 0 Å². The molecule has 0 amide bonds. The zero-order valence-electron chi connectivity index (χ0n) is 7.45. The van der Waals surface area contributed by atoms with Crippen LogP contribution in [0.25, 0.3) is 0 Å². The molecule has 0 atom stereocenters. The Morgan fingerprint density at radius 3 is 1.92 bits per heavy atom. The van der Waals surface area contributed by atoms with Crippen molar-refractivity contribution in [1.29, 1.82) is 0 Å². The lowest BCUT2D eigenvalue weighted by molar-refractivity contribution is 0.381. The molecule has 0 heterocycles. The zero-order valence-corrected chi connectivity index (χ0v) is 8.26. The lowest BCUT2D eigenvalue weighted by Gasteiger charge is -1.93. The van der Waals surface area contributed by atoms with Crippen LogP contribution in [0.15, 0.2) is 0 Å². The van der Waals surface area contributed by atoms with E-state index >= 15 is 0 Å². The molecule has 0 bridgehead atoms. The van der Waals surface area contributed by atoms with Gasteiger partial charge in [0, 0.05) is 0 Å². The predicted molar refractivity (Wildman–Crippen MR) is 47.6 cm³/mol. The Balaban J connectivity index is 0. The highest BCUT2D eigenvalue weighted by Crippen LogP contribution is 1.89. The van der Waals surface area contributed by atoms with Crippen molar-refractivity contribution in [2.45, 2.75) is 26.2 Å². The average Bonchev–Trinajstić information content (AvgIpc) is 1.85. The van der Waals surface area contributed by atoms with Crippen LogP contribution >= 0.6 is 0 Å². The second-order valence-corrected chi connectivity index (χ2v) is 3.15. The maximum Gasteiger partial charge on any atom is 0.394 e. The normalized spacial score (nSPS) is 10.3. The van der Waals surface area contributed by atoms with Crippen LogP contribution in [-0.4, -0.2) is 31.1 Å². The summed E-state index contributed by atoms with van der Waals surface area (Å²) in [5.41, 5.74) is 0. The first-order valence-electron chi connectivity index (χ1n) is 3.76. The number of hydrogen-bond donors (Lipinski definition) is 3. The van der Waals surface area contributed by atoms with Gasteiger partial charge in [-0.3, -0.25) is 9.11 Å². The number of hydrogen-bond acceptors (Lipinski definition) is 3. The van der Waals surface area contributed by atoms with Gasteiger partial charge in [-0.1, -0.05) is 19.8 Å². The van der Waals surface area contributed by atoms with E-state index in [1.54, 1.807) is 0 Å². The van der Waals surface area contributed by atoms with E-state index in [4.69, 9.17) is 17.5 Å². The van der Waals surface area contributed by atoms with Crippen molar-refractivity contribution in [1.82, 2.24) is 5.32 Å². The Morgan fingerprint density at radius 2 is 1.67 bits per heavy atom. The second kappa shape index (κ2) is 8.92. The van der Waals surface area contributed by atoms with Gasteiger partial charge in [-0.2, -0.15) is 8.42 Å².